The number of alkyl halides is 1. The average Bonchev–Trinajstić information content (AvgIpc) is 3.16. The van der Waals surface area contributed by atoms with E-state index in [1.165, 1.54) is 96.0 Å². The predicted molar refractivity (Wildman–Crippen MR) is 211 cm³/mol. The molecular formula is C44H74BrFO8. The molecule has 0 aromatic carbocycles. The Hall–Kier alpha value is -0.170. The summed E-state index contributed by atoms with van der Waals surface area (Å²) >= 11 is 4.12. The highest BCUT2D eigenvalue weighted by Gasteiger charge is 3.08. The van der Waals surface area contributed by atoms with Crippen molar-refractivity contribution in [3.63, 3.8) is 0 Å². The third kappa shape index (κ3) is 8.32. The molecular weight excluding hydrogens is 755 g/mol. The molecule has 6 N–H and O–H groups in total. The van der Waals surface area contributed by atoms with Crippen LogP contribution in [0.1, 0.15) is 155 Å². The zero-order valence-electron chi connectivity index (χ0n) is 33.1. The van der Waals surface area contributed by atoms with Crippen molar-refractivity contribution in [2.75, 3.05) is 13.2 Å². The van der Waals surface area contributed by atoms with Crippen LogP contribution in [0.5, 0.6) is 0 Å². The summed E-state index contributed by atoms with van der Waals surface area (Å²) in [5, 5.41) is 62.3. The molecule has 0 aromatic rings. The minimum atomic E-state index is -1.60. The van der Waals surface area contributed by atoms with Crippen LogP contribution in [-0.4, -0.2) is 91.1 Å². The number of hydrogen-bond donors (Lipinski definition) is 6. The van der Waals surface area contributed by atoms with Crippen LogP contribution in [0.15, 0.2) is 11.9 Å². The fraction of sp³-hybridized carbons (Fsp3) is 0.955. The van der Waals surface area contributed by atoms with Crippen molar-refractivity contribution in [3.05, 3.63) is 11.9 Å². The van der Waals surface area contributed by atoms with Crippen LogP contribution < -0.4 is 0 Å². The Balaban J connectivity index is 0.851. The normalized spacial score (nSPS) is 39.8. The molecule has 54 heavy (non-hydrogen) atoms. The number of rotatable bonds is 31. The quantitative estimate of drug-likeness (QED) is 0.0307. The summed E-state index contributed by atoms with van der Waals surface area (Å²) < 4.78 is 27.1. The lowest BCUT2D eigenvalue weighted by Gasteiger charge is -3.11. The van der Waals surface area contributed by atoms with Crippen LogP contribution in [-0.2, 0) is 9.47 Å². The predicted octanol–water partition coefficient (Wildman–Crippen LogP) is 7.87. The molecule has 6 saturated carbocycles. The first kappa shape index (κ1) is 43.4. The Morgan fingerprint density at radius 3 is 1.83 bits per heavy atom. The molecule has 7 rings (SSSR count). The second-order valence-electron chi connectivity index (χ2n) is 18.5. The molecule has 1 aliphatic heterocycles. The monoisotopic (exact) mass is 828 g/mol. The van der Waals surface area contributed by atoms with Crippen LogP contribution in [0.3, 0.4) is 0 Å². The summed E-state index contributed by atoms with van der Waals surface area (Å²) in [6.45, 7) is 1.36. The minimum absolute atomic E-state index is 0.238. The van der Waals surface area contributed by atoms with Gasteiger partial charge in [-0.05, 0) is 72.7 Å². The number of ether oxygens (including phenoxy) is 2. The first-order chi connectivity index (χ1) is 26.1. The van der Waals surface area contributed by atoms with Gasteiger partial charge in [-0.25, -0.2) is 4.39 Å². The molecule has 1 heterocycles. The SMILES string of the molecule is CCCCCCCCCCCCCC[C@@H](O)[C@@H](O)[C@@H](/C=C(/F)CCCCCCCCCCC12C3C4C5C3C1C5(Br)C42)COC1OC(CO)C(O)C(O)C1O. The molecule has 12 atom stereocenters. The van der Waals surface area contributed by atoms with Gasteiger partial charge in [0.05, 0.1) is 31.2 Å². The van der Waals surface area contributed by atoms with E-state index < -0.39 is 55.4 Å². The fourth-order valence-electron chi connectivity index (χ4n) is 12.6. The summed E-state index contributed by atoms with van der Waals surface area (Å²) in [6, 6.07) is 0. The zero-order chi connectivity index (χ0) is 38.5. The standard InChI is InChI=1S/C44H74BrFO8/c1-2-3-4-5-6-7-8-9-10-14-17-20-23-30(48)36(49)28(27-53-42-39(52)38(51)37(50)31(26-47)54-42)25-29(46)22-19-16-13-11-12-15-18-21-24-43-34-32-35-33(34)41(43)44(35,45)40(32)43/h25,28,30-42,47-52H,2-24,26-27H2,1H3/b29-25+/t28-,30+,31?,32?,33?,34?,35?,36-,37?,38?,39?,40?,41?,42?,43?,44?/m0/s1. The molecule has 7 aliphatic rings. The van der Waals surface area contributed by atoms with Crippen molar-refractivity contribution in [2.45, 2.75) is 202 Å². The van der Waals surface area contributed by atoms with E-state index in [0.717, 1.165) is 79.4 Å². The van der Waals surface area contributed by atoms with E-state index in [9.17, 15) is 30.6 Å². The summed E-state index contributed by atoms with van der Waals surface area (Å²) in [4.78, 5) is 0. The molecule has 0 spiro atoms. The average molecular weight is 830 g/mol. The number of aliphatic hydroxyl groups is 6. The first-order valence-corrected chi connectivity index (χ1v) is 23.3. The highest BCUT2D eigenvalue weighted by molar-refractivity contribution is 9.10. The molecule has 0 amide bonds. The van der Waals surface area contributed by atoms with E-state index in [2.05, 4.69) is 22.9 Å². The number of allylic oxidation sites excluding steroid dienone is 1. The molecule has 1 saturated heterocycles. The van der Waals surface area contributed by atoms with Crippen molar-refractivity contribution >= 4 is 15.9 Å². The van der Waals surface area contributed by atoms with Crippen molar-refractivity contribution < 1.29 is 44.5 Å². The third-order valence-electron chi connectivity index (χ3n) is 15.3. The second kappa shape index (κ2) is 19.7. The molecule has 6 aliphatic carbocycles. The smallest absolute Gasteiger partial charge is 0.186 e. The van der Waals surface area contributed by atoms with E-state index >= 15 is 4.39 Å². The maximum Gasteiger partial charge on any atom is 0.186 e. The van der Waals surface area contributed by atoms with Crippen LogP contribution in [0.2, 0.25) is 0 Å². The number of aliphatic hydroxyl groups excluding tert-OH is 6. The second-order valence-corrected chi connectivity index (χ2v) is 19.8. The summed E-state index contributed by atoms with van der Waals surface area (Å²) in [5.74, 6) is 5.19. The summed E-state index contributed by atoms with van der Waals surface area (Å²) in [5.41, 5.74) is 0.774. The topological polar surface area (TPSA) is 140 Å². The van der Waals surface area contributed by atoms with Gasteiger partial charge in [0.25, 0.3) is 0 Å². The maximum absolute atomic E-state index is 15.3. The fourth-order valence-corrected chi connectivity index (χ4v) is 14.7. The largest absolute Gasteiger partial charge is 0.394 e. The van der Waals surface area contributed by atoms with Gasteiger partial charge in [-0.1, -0.05) is 145 Å². The van der Waals surface area contributed by atoms with Gasteiger partial charge in [-0.3, -0.25) is 0 Å². The van der Waals surface area contributed by atoms with Gasteiger partial charge in [0.1, 0.15) is 24.4 Å². The van der Waals surface area contributed by atoms with E-state index in [1.807, 2.05) is 0 Å². The molecule has 10 heteroatoms. The maximum atomic E-state index is 15.3. The molecule has 0 aromatic heterocycles. The molecule has 9 unspecified atom stereocenters. The van der Waals surface area contributed by atoms with Gasteiger partial charge in [0, 0.05) is 10.2 Å². The summed E-state index contributed by atoms with van der Waals surface area (Å²) in [7, 11) is 0. The van der Waals surface area contributed by atoms with E-state index in [-0.39, 0.29) is 18.9 Å². The van der Waals surface area contributed by atoms with Gasteiger partial charge in [0.2, 0.25) is 0 Å². The van der Waals surface area contributed by atoms with Crippen LogP contribution in [0.4, 0.5) is 4.39 Å². The van der Waals surface area contributed by atoms with Crippen molar-refractivity contribution in [3.8, 4) is 0 Å². The molecule has 8 nitrogen and oxygen atoms in total. The Labute approximate surface area is 333 Å². The van der Waals surface area contributed by atoms with E-state index in [4.69, 9.17) is 9.47 Å². The van der Waals surface area contributed by atoms with Gasteiger partial charge in [0.15, 0.2) is 6.29 Å². The third-order valence-corrected chi connectivity index (χ3v) is 16.8. The van der Waals surface area contributed by atoms with E-state index in [1.54, 1.807) is 0 Å². The summed E-state index contributed by atoms with van der Waals surface area (Å²) in [6.07, 6.45) is 17.2. The van der Waals surface area contributed by atoms with Crippen LogP contribution in [0, 0.1) is 46.8 Å². The Morgan fingerprint density at radius 2 is 1.28 bits per heavy atom. The van der Waals surface area contributed by atoms with Crippen LogP contribution >= 0.6 is 15.9 Å². The Kier molecular flexibility index (Phi) is 15.9. The highest BCUT2D eigenvalue weighted by atomic mass is 79.9. The minimum Gasteiger partial charge on any atom is -0.394 e. The lowest BCUT2D eigenvalue weighted by atomic mass is 8.96. The van der Waals surface area contributed by atoms with E-state index in [0.29, 0.717) is 17.2 Å². The lowest BCUT2D eigenvalue weighted by Crippen LogP contribution is -3.11. The van der Waals surface area contributed by atoms with Crippen molar-refractivity contribution in [2.24, 2.45) is 46.8 Å². The molecule has 0 bridgehead atoms. The molecule has 312 valence electrons. The van der Waals surface area contributed by atoms with Gasteiger partial charge >= 0.3 is 0 Å². The Bertz CT molecular complexity index is 1170. The number of hydrogen-bond acceptors (Lipinski definition) is 8. The first-order valence-electron chi connectivity index (χ1n) is 22.5. The Morgan fingerprint density at radius 1 is 0.741 bits per heavy atom. The van der Waals surface area contributed by atoms with Crippen LogP contribution in [0.25, 0.3) is 0 Å². The lowest BCUT2D eigenvalue weighted by molar-refractivity contribution is -0.595. The zero-order valence-corrected chi connectivity index (χ0v) is 34.7. The highest BCUT2D eigenvalue weighted by Crippen LogP contribution is 3.09. The van der Waals surface area contributed by atoms with Crippen molar-refractivity contribution in [1.29, 1.82) is 0 Å². The molecule has 7 fully saturated rings. The number of halogens is 2. The van der Waals surface area contributed by atoms with Gasteiger partial charge < -0.3 is 40.1 Å². The van der Waals surface area contributed by atoms with Gasteiger partial charge in [-0.2, -0.15) is 0 Å². The van der Waals surface area contributed by atoms with Gasteiger partial charge in [-0.15, -0.1) is 0 Å². The van der Waals surface area contributed by atoms with Crippen molar-refractivity contribution in [1.82, 2.24) is 0 Å². The molecule has 0 radical (unpaired) electrons. The number of unbranched alkanes of at least 4 members (excludes halogenated alkanes) is 18.